The van der Waals surface area contributed by atoms with Crippen LogP contribution in [-0.4, -0.2) is 88.6 Å². The Hall–Kier alpha value is -3.85. The Morgan fingerprint density at radius 2 is 1.48 bits per heavy atom. The van der Waals surface area contributed by atoms with E-state index in [1.165, 1.54) is 11.8 Å². The number of benzene rings is 1. The van der Waals surface area contributed by atoms with Gasteiger partial charge in [0.15, 0.2) is 5.96 Å². The van der Waals surface area contributed by atoms with Gasteiger partial charge in [-0.3, -0.25) is 24.2 Å². The van der Waals surface area contributed by atoms with E-state index in [1.54, 1.807) is 30.3 Å². The highest BCUT2D eigenvalue weighted by molar-refractivity contribution is 7.98. The minimum absolute atomic E-state index is 0.0461. The average molecular weight is 582 g/mol. The molecular weight excluding hydrogens is 542 g/mol. The molecule has 0 fully saturated rings. The van der Waals surface area contributed by atoms with Crippen LogP contribution in [0.15, 0.2) is 35.3 Å². The van der Waals surface area contributed by atoms with Gasteiger partial charge in [0.25, 0.3) is 0 Å². The number of carboxylic acid groups (broad SMARTS) is 2. The fraction of sp³-hybridized carbons (Fsp3) is 0.520. The van der Waals surface area contributed by atoms with E-state index in [0.717, 1.165) is 0 Å². The van der Waals surface area contributed by atoms with Crippen molar-refractivity contribution in [2.45, 2.75) is 62.7 Å². The van der Waals surface area contributed by atoms with Gasteiger partial charge in [0, 0.05) is 19.4 Å². The summed E-state index contributed by atoms with van der Waals surface area (Å²) < 4.78 is 0. The lowest BCUT2D eigenvalue weighted by molar-refractivity contribution is -0.142. The Morgan fingerprint density at radius 3 is 2.05 bits per heavy atom. The van der Waals surface area contributed by atoms with Crippen LogP contribution < -0.4 is 33.2 Å². The fourth-order valence-corrected chi connectivity index (χ4v) is 4.03. The smallest absolute Gasteiger partial charge is 0.326 e. The molecule has 3 amide bonds. The highest BCUT2D eigenvalue weighted by Crippen LogP contribution is 2.08. The number of aliphatic carboxylic acids is 2. The third-order valence-electron chi connectivity index (χ3n) is 5.73. The molecule has 0 bridgehead atoms. The first-order valence-corrected chi connectivity index (χ1v) is 14.0. The molecular formula is C25H39N7O7S. The number of hydrogen-bond donors (Lipinski definition) is 8. The first-order chi connectivity index (χ1) is 18.9. The first-order valence-electron chi connectivity index (χ1n) is 12.6. The standard InChI is InChI=1S/C25H39N7O7S/c1-40-13-11-17(30-21(35)16(26)9-10-20(33)34)22(36)32-19(14-15-6-3-2-4-7-15)23(37)31-18(24(38)39)8-5-12-29-25(27)28/h2-4,6-7,16-19H,5,8-14,26H2,1H3,(H,30,35)(H,31,37)(H,32,36)(H,33,34)(H,38,39)(H4,27,28,29). The van der Waals surface area contributed by atoms with Gasteiger partial charge in [-0.1, -0.05) is 30.3 Å². The summed E-state index contributed by atoms with van der Waals surface area (Å²) in [5.41, 5.74) is 17.1. The third-order valence-corrected chi connectivity index (χ3v) is 6.37. The van der Waals surface area contributed by atoms with Gasteiger partial charge in [0.05, 0.1) is 6.04 Å². The van der Waals surface area contributed by atoms with Crippen molar-refractivity contribution in [2.75, 3.05) is 18.6 Å². The largest absolute Gasteiger partial charge is 0.481 e. The van der Waals surface area contributed by atoms with E-state index in [-0.39, 0.29) is 51.0 Å². The molecule has 15 heteroatoms. The number of carboxylic acids is 2. The van der Waals surface area contributed by atoms with Crippen molar-refractivity contribution >= 4 is 47.4 Å². The summed E-state index contributed by atoms with van der Waals surface area (Å²) >= 11 is 1.44. The van der Waals surface area contributed by atoms with Crippen LogP contribution in [0.2, 0.25) is 0 Å². The maximum absolute atomic E-state index is 13.3. The van der Waals surface area contributed by atoms with E-state index in [9.17, 15) is 29.1 Å². The number of aliphatic imine (C=N–C) groups is 1. The van der Waals surface area contributed by atoms with E-state index in [0.29, 0.717) is 11.3 Å². The van der Waals surface area contributed by atoms with Crippen molar-refractivity contribution in [1.82, 2.24) is 16.0 Å². The molecule has 4 unspecified atom stereocenters. The van der Waals surface area contributed by atoms with Crippen LogP contribution in [0.25, 0.3) is 0 Å². The molecule has 1 rings (SSSR count). The second-order valence-electron chi connectivity index (χ2n) is 8.98. The lowest BCUT2D eigenvalue weighted by Crippen LogP contribution is -2.57. The van der Waals surface area contributed by atoms with Crippen molar-refractivity contribution in [3.05, 3.63) is 35.9 Å². The second kappa shape index (κ2) is 18.4. The number of nitrogens with zero attached hydrogens (tertiary/aromatic N) is 1. The van der Waals surface area contributed by atoms with Crippen LogP contribution in [0.4, 0.5) is 0 Å². The quantitative estimate of drug-likeness (QED) is 0.0545. The van der Waals surface area contributed by atoms with Gasteiger partial charge in [-0.05, 0) is 43.3 Å². The van der Waals surface area contributed by atoms with E-state index in [1.807, 2.05) is 6.26 Å². The monoisotopic (exact) mass is 581 g/mol. The summed E-state index contributed by atoms with van der Waals surface area (Å²) in [4.78, 5) is 65.4. The highest BCUT2D eigenvalue weighted by atomic mass is 32.2. The van der Waals surface area contributed by atoms with Crippen LogP contribution in [0.3, 0.4) is 0 Å². The predicted octanol–water partition coefficient (Wildman–Crippen LogP) is -1.23. The highest BCUT2D eigenvalue weighted by Gasteiger charge is 2.30. The van der Waals surface area contributed by atoms with Gasteiger partial charge < -0.3 is 43.4 Å². The van der Waals surface area contributed by atoms with Crippen molar-refractivity contribution < 1.29 is 34.2 Å². The minimum Gasteiger partial charge on any atom is -0.481 e. The van der Waals surface area contributed by atoms with Gasteiger partial charge >= 0.3 is 11.9 Å². The lowest BCUT2D eigenvalue weighted by atomic mass is 10.0. The molecule has 222 valence electrons. The van der Waals surface area contributed by atoms with Gasteiger partial charge in [-0.25, -0.2) is 4.79 Å². The lowest BCUT2D eigenvalue weighted by Gasteiger charge is -2.25. The van der Waals surface area contributed by atoms with Crippen LogP contribution in [-0.2, 0) is 30.4 Å². The molecule has 14 nitrogen and oxygen atoms in total. The van der Waals surface area contributed by atoms with E-state index in [2.05, 4.69) is 20.9 Å². The molecule has 0 radical (unpaired) electrons. The predicted molar refractivity (Wildman–Crippen MR) is 151 cm³/mol. The summed E-state index contributed by atoms with van der Waals surface area (Å²) in [5.74, 6) is -4.09. The summed E-state index contributed by atoms with van der Waals surface area (Å²) in [6, 6.07) is 4.20. The SMILES string of the molecule is CSCCC(NC(=O)C(N)CCC(=O)O)C(=O)NC(Cc1ccccc1)C(=O)NC(CCCN=C(N)N)C(=O)O. The van der Waals surface area contributed by atoms with Gasteiger partial charge in [-0.2, -0.15) is 11.8 Å². The Labute approximate surface area is 236 Å². The number of carbonyl (C=O) groups is 5. The van der Waals surface area contributed by atoms with Crippen LogP contribution in [0.1, 0.15) is 37.7 Å². The molecule has 1 aromatic rings. The maximum Gasteiger partial charge on any atom is 0.326 e. The van der Waals surface area contributed by atoms with E-state index < -0.39 is 53.8 Å². The Bertz CT molecular complexity index is 1020. The summed E-state index contributed by atoms with van der Waals surface area (Å²) in [6.45, 7) is 0.178. The topological polar surface area (TPSA) is 252 Å². The normalized spacial score (nSPS) is 13.7. The van der Waals surface area contributed by atoms with Gasteiger partial charge in [0.2, 0.25) is 17.7 Å². The molecule has 11 N–H and O–H groups in total. The number of nitrogens with one attached hydrogen (secondary N) is 3. The number of guanidine groups is 1. The molecule has 0 spiro atoms. The average Bonchev–Trinajstić information content (AvgIpc) is 2.90. The zero-order valence-corrected chi connectivity index (χ0v) is 23.2. The zero-order chi connectivity index (χ0) is 30.1. The van der Waals surface area contributed by atoms with Crippen molar-refractivity contribution in [3.63, 3.8) is 0 Å². The molecule has 0 heterocycles. The molecule has 1 aromatic carbocycles. The van der Waals surface area contributed by atoms with Crippen LogP contribution >= 0.6 is 11.8 Å². The number of nitrogens with two attached hydrogens (primary N) is 3. The first kappa shape index (κ1) is 34.2. The molecule has 0 aliphatic rings. The van der Waals surface area contributed by atoms with Gasteiger partial charge in [0.1, 0.15) is 18.1 Å². The molecule has 0 saturated carbocycles. The fourth-order valence-electron chi connectivity index (χ4n) is 3.56. The molecule has 0 aromatic heterocycles. The Balaban J connectivity index is 3.06. The number of amides is 3. The maximum atomic E-state index is 13.3. The number of hydrogen-bond acceptors (Lipinski definition) is 8. The van der Waals surface area contributed by atoms with Crippen LogP contribution in [0, 0.1) is 0 Å². The molecule has 0 saturated heterocycles. The zero-order valence-electron chi connectivity index (χ0n) is 22.4. The minimum atomic E-state index is -1.26. The Morgan fingerprint density at radius 1 is 0.875 bits per heavy atom. The second-order valence-corrected chi connectivity index (χ2v) is 9.97. The van der Waals surface area contributed by atoms with Crippen molar-refractivity contribution in [1.29, 1.82) is 0 Å². The number of carbonyl (C=O) groups excluding carboxylic acids is 3. The van der Waals surface area contributed by atoms with Gasteiger partial charge in [-0.15, -0.1) is 0 Å². The van der Waals surface area contributed by atoms with Crippen LogP contribution in [0.5, 0.6) is 0 Å². The molecule has 40 heavy (non-hydrogen) atoms. The van der Waals surface area contributed by atoms with Crippen molar-refractivity contribution in [2.24, 2.45) is 22.2 Å². The van der Waals surface area contributed by atoms with E-state index >= 15 is 0 Å². The van der Waals surface area contributed by atoms with Crippen molar-refractivity contribution in [3.8, 4) is 0 Å². The molecule has 0 aliphatic carbocycles. The summed E-state index contributed by atoms with van der Waals surface area (Å²) in [6.07, 6.45) is 2.00. The summed E-state index contributed by atoms with van der Waals surface area (Å²) in [5, 5.41) is 26.1. The summed E-state index contributed by atoms with van der Waals surface area (Å²) in [7, 11) is 0. The molecule has 4 atom stereocenters. The Kier molecular flexibility index (Phi) is 15.8. The molecule has 0 aliphatic heterocycles. The van der Waals surface area contributed by atoms with E-state index in [4.69, 9.17) is 22.3 Å². The number of thioether (sulfide) groups is 1. The number of rotatable bonds is 19. The third kappa shape index (κ3) is 13.8.